The minimum absolute atomic E-state index is 0.0893. The van der Waals surface area contributed by atoms with E-state index in [1.807, 2.05) is 0 Å². The number of hydrogen-bond acceptors (Lipinski definition) is 3. The van der Waals surface area contributed by atoms with E-state index in [1.54, 1.807) is 13.0 Å². The van der Waals surface area contributed by atoms with Gasteiger partial charge >= 0.3 is 5.97 Å². The number of hydrogen-bond donors (Lipinski definition) is 1. The largest absolute Gasteiger partial charge is 0.475 e. The van der Waals surface area contributed by atoms with E-state index in [2.05, 4.69) is 9.68 Å². The molecule has 1 N–H and O–H groups in total. The lowest BCUT2D eigenvalue weighted by molar-refractivity contribution is 0.0652. The van der Waals surface area contributed by atoms with Gasteiger partial charge in [-0.2, -0.15) is 0 Å². The van der Waals surface area contributed by atoms with Gasteiger partial charge in [-0.3, -0.25) is 0 Å². The van der Waals surface area contributed by atoms with Crippen molar-refractivity contribution in [3.8, 4) is 11.3 Å². The van der Waals surface area contributed by atoms with Crippen LogP contribution in [0.2, 0.25) is 0 Å². The Hall–Kier alpha value is -2.24. The molecule has 1 aromatic carbocycles. The van der Waals surface area contributed by atoms with Gasteiger partial charge in [0.1, 0.15) is 5.69 Å². The summed E-state index contributed by atoms with van der Waals surface area (Å²) in [6, 6.07) is 5.50. The third-order valence-corrected chi connectivity index (χ3v) is 2.44. The van der Waals surface area contributed by atoms with E-state index in [4.69, 9.17) is 5.11 Å². The van der Waals surface area contributed by atoms with Crippen LogP contribution < -0.4 is 0 Å². The van der Waals surface area contributed by atoms with Crippen LogP contribution in [0, 0.1) is 6.92 Å². The number of carboxylic acids is 1. The van der Waals surface area contributed by atoms with Gasteiger partial charge in [-0.05, 0) is 13.0 Å². The van der Waals surface area contributed by atoms with Crippen molar-refractivity contribution in [3.05, 3.63) is 41.2 Å². The number of carboxylic acid groups (broad SMARTS) is 1. The number of aromatic nitrogens is 1. The van der Waals surface area contributed by atoms with E-state index in [0.717, 1.165) is 11.6 Å². The second kappa shape index (κ2) is 4.56. The van der Waals surface area contributed by atoms with Crippen LogP contribution in [0.5, 0.6) is 0 Å². The highest BCUT2D eigenvalue weighted by molar-refractivity contribution is 5.85. The molecule has 0 unspecified atom stereocenters. The highest BCUT2D eigenvalue weighted by Crippen LogP contribution is 2.31. The Morgan fingerprint density at radius 1 is 1.39 bits per heavy atom. The average molecular weight is 253 g/mol. The number of alkyl halides is 2. The molecule has 18 heavy (non-hydrogen) atoms. The lowest BCUT2D eigenvalue weighted by atomic mass is 10.0. The Morgan fingerprint density at radius 3 is 2.67 bits per heavy atom. The molecule has 2 rings (SSSR count). The van der Waals surface area contributed by atoms with Gasteiger partial charge in [0.15, 0.2) is 0 Å². The zero-order chi connectivity index (χ0) is 13.3. The molecule has 0 atom stereocenters. The van der Waals surface area contributed by atoms with Gasteiger partial charge in [0, 0.05) is 17.2 Å². The van der Waals surface area contributed by atoms with E-state index in [9.17, 15) is 13.6 Å². The quantitative estimate of drug-likeness (QED) is 0.911. The molecule has 6 heteroatoms. The zero-order valence-corrected chi connectivity index (χ0v) is 9.35. The molecule has 94 valence electrons. The molecule has 0 bridgehead atoms. The third-order valence-electron chi connectivity index (χ3n) is 2.44. The fraction of sp³-hybridized carbons (Fsp3) is 0.167. The van der Waals surface area contributed by atoms with Gasteiger partial charge < -0.3 is 9.63 Å². The summed E-state index contributed by atoms with van der Waals surface area (Å²) in [6.07, 6.45) is -2.66. The number of carbonyl (C=O) groups is 1. The lowest BCUT2D eigenvalue weighted by Gasteiger charge is -2.06. The fourth-order valence-electron chi connectivity index (χ4n) is 1.59. The Balaban J connectivity index is 2.54. The molecule has 4 nitrogen and oxygen atoms in total. The topological polar surface area (TPSA) is 63.3 Å². The lowest BCUT2D eigenvalue weighted by Crippen LogP contribution is -1.93. The molecular weight excluding hydrogens is 244 g/mol. The number of nitrogens with zero attached hydrogens (tertiary/aromatic N) is 1. The van der Waals surface area contributed by atoms with E-state index in [1.165, 1.54) is 12.1 Å². The summed E-state index contributed by atoms with van der Waals surface area (Å²) in [6.45, 7) is 1.75. The van der Waals surface area contributed by atoms with Crippen molar-refractivity contribution >= 4 is 5.97 Å². The maximum Gasteiger partial charge on any atom is 0.374 e. The van der Waals surface area contributed by atoms with Crippen molar-refractivity contribution < 1.29 is 23.2 Å². The molecule has 0 fully saturated rings. The van der Waals surface area contributed by atoms with E-state index >= 15 is 0 Å². The van der Waals surface area contributed by atoms with Crippen LogP contribution >= 0.6 is 0 Å². The third kappa shape index (κ3) is 2.22. The number of halogens is 2. The first kappa shape index (κ1) is 12.2. The number of benzene rings is 1. The summed E-state index contributed by atoms with van der Waals surface area (Å²) >= 11 is 0. The van der Waals surface area contributed by atoms with Crippen LogP contribution in [-0.2, 0) is 0 Å². The van der Waals surface area contributed by atoms with Crippen molar-refractivity contribution in [1.82, 2.24) is 5.16 Å². The predicted molar refractivity (Wildman–Crippen MR) is 58.6 cm³/mol. The Labute approximate surface area is 101 Å². The molecule has 2 aromatic rings. The molecule has 1 heterocycles. The highest BCUT2D eigenvalue weighted by atomic mass is 19.3. The standard InChI is InChI=1S/C12H9F2NO3/c1-6-2-3-7(11(13)14)8(4-6)9-5-10(12(16)17)18-15-9/h2-5,11H,1H3,(H,16,17). The molecule has 1 aromatic heterocycles. The normalized spacial score (nSPS) is 10.9. The van der Waals surface area contributed by atoms with Crippen LogP contribution in [0.1, 0.15) is 28.1 Å². The average Bonchev–Trinajstić information content (AvgIpc) is 2.77. The minimum atomic E-state index is -2.66. The fourth-order valence-corrected chi connectivity index (χ4v) is 1.59. The molecule has 0 saturated heterocycles. The van der Waals surface area contributed by atoms with Gasteiger partial charge in [0.2, 0.25) is 5.76 Å². The molecular formula is C12H9F2NO3. The summed E-state index contributed by atoms with van der Waals surface area (Å²) in [5, 5.41) is 12.2. The van der Waals surface area contributed by atoms with Crippen LogP contribution in [-0.4, -0.2) is 16.2 Å². The first-order chi connectivity index (χ1) is 8.49. The van der Waals surface area contributed by atoms with Crippen LogP contribution in [0.3, 0.4) is 0 Å². The van der Waals surface area contributed by atoms with Crippen molar-refractivity contribution in [2.45, 2.75) is 13.3 Å². The van der Waals surface area contributed by atoms with Gasteiger partial charge in [-0.1, -0.05) is 22.9 Å². The highest BCUT2D eigenvalue weighted by Gasteiger charge is 2.19. The van der Waals surface area contributed by atoms with Crippen LogP contribution in [0.15, 0.2) is 28.8 Å². The number of aryl methyl sites for hydroxylation is 1. The Morgan fingerprint density at radius 2 is 2.11 bits per heavy atom. The van der Waals surface area contributed by atoms with Crippen molar-refractivity contribution in [2.24, 2.45) is 0 Å². The maximum atomic E-state index is 12.8. The molecule has 0 radical (unpaired) electrons. The molecule has 0 aliphatic carbocycles. The molecule has 0 aliphatic heterocycles. The SMILES string of the molecule is Cc1ccc(C(F)F)c(-c2cc(C(=O)O)on2)c1. The van der Waals surface area contributed by atoms with Crippen LogP contribution in [0.4, 0.5) is 8.78 Å². The zero-order valence-electron chi connectivity index (χ0n) is 9.35. The molecule has 0 amide bonds. The summed E-state index contributed by atoms with van der Waals surface area (Å²) in [4.78, 5) is 10.6. The Bertz CT molecular complexity index is 593. The van der Waals surface area contributed by atoms with E-state index < -0.39 is 12.4 Å². The Kier molecular flexibility index (Phi) is 3.10. The van der Waals surface area contributed by atoms with Gasteiger partial charge in [0.05, 0.1) is 0 Å². The second-order valence-electron chi connectivity index (χ2n) is 3.77. The summed E-state index contributed by atoms with van der Waals surface area (Å²) in [7, 11) is 0. The minimum Gasteiger partial charge on any atom is -0.475 e. The second-order valence-corrected chi connectivity index (χ2v) is 3.77. The number of rotatable bonds is 3. The summed E-state index contributed by atoms with van der Waals surface area (Å²) in [5.74, 6) is -1.67. The first-order valence-corrected chi connectivity index (χ1v) is 5.08. The van der Waals surface area contributed by atoms with Gasteiger partial charge in [-0.15, -0.1) is 0 Å². The summed E-state index contributed by atoms with van der Waals surface area (Å²) < 4.78 is 30.2. The van der Waals surface area contributed by atoms with Gasteiger partial charge in [0.25, 0.3) is 6.43 Å². The van der Waals surface area contributed by atoms with Crippen molar-refractivity contribution in [2.75, 3.05) is 0 Å². The van der Waals surface area contributed by atoms with Crippen LogP contribution in [0.25, 0.3) is 11.3 Å². The first-order valence-electron chi connectivity index (χ1n) is 5.08. The molecule has 0 saturated carbocycles. The molecule has 0 aliphatic rings. The van der Waals surface area contributed by atoms with E-state index in [0.29, 0.717) is 0 Å². The smallest absolute Gasteiger partial charge is 0.374 e. The van der Waals surface area contributed by atoms with Crippen molar-refractivity contribution in [3.63, 3.8) is 0 Å². The predicted octanol–water partition coefficient (Wildman–Crippen LogP) is 3.29. The molecule has 0 spiro atoms. The van der Waals surface area contributed by atoms with Gasteiger partial charge in [-0.25, -0.2) is 13.6 Å². The monoisotopic (exact) mass is 253 g/mol. The van der Waals surface area contributed by atoms with E-state index in [-0.39, 0.29) is 22.6 Å². The maximum absolute atomic E-state index is 12.8. The van der Waals surface area contributed by atoms with Crippen molar-refractivity contribution in [1.29, 1.82) is 0 Å². The summed E-state index contributed by atoms with van der Waals surface area (Å²) in [5.41, 5.74) is 0.841. The number of aromatic carboxylic acids is 1.